The molecule has 38 heavy (non-hydrogen) atoms. The molecule has 1 aromatic carbocycles. The standard InChI is InChI=1S/C27H28N6O4S/c1-14(2)37-23-15-7-5-9-20(34)33(3)18(15)11-10-17(23)31-27-30-13-19-22(32-27)21(24(38-19)25(28)35)16-8-6-12-29-26(16)36-4/h6,8,10-14H,5,7,9H2,1-4H3,(H2,28,35)(H,30,31,32). The SMILES string of the molecule is COc1ncccc1-c1c(C(N)=O)sc2cnc(Nc3ccc4c(c3OC(C)C)CCCC(=O)N4C)nc12. The molecule has 11 heteroatoms. The predicted molar refractivity (Wildman–Crippen MR) is 148 cm³/mol. The minimum atomic E-state index is -0.569. The van der Waals surface area contributed by atoms with Gasteiger partial charge in [-0.2, -0.15) is 0 Å². The number of pyridine rings is 1. The first-order valence-electron chi connectivity index (χ1n) is 12.2. The summed E-state index contributed by atoms with van der Waals surface area (Å²) in [6.45, 7) is 3.92. The molecule has 0 saturated carbocycles. The number of primary amides is 1. The van der Waals surface area contributed by atoms with Crippen LogP contribution in [-0.2, 0) is 11.2 Å². The molecule has 2 amide bonds. The number of aromatic nitrogens is 3. The van der Waals surface area contributed by atoms with E-state index in [1.165, 1.54) is 18.4 Å². The van der Waals surface area contributed by atoms with E-state index in [0.717, 1.165) is 17.7 Å². The van der Waals surface area contributed by atoms with Gasteiger partial charge in [0.25, 0.3) is 5.91 Å². The molecule has 4 heterocycles. The van der Waals surface area contributed by atoms with Crippen LogP contribution in [-0.4, -0.2) is 47.0 Å². The van der Waals surface area contributed by atoms with Crippen molar-refractivity contribution < 1.29 is 19.1 Å². The lowest BCUT2D eigenvalue weighted by Gasteiger charge is -2.23. The van der Waals surface area contributed by atoms with E-state index in [0.29, 0.717) is 62.3 Å². The normalized spacial score (nSPS) is 13.4. The van der Waals surface area contributed by atoms with Crippen molar-refractivity contribution >= 4 is 50.7 Å². The number of fused-ring (bicyclic) bond motifs is 2. The molecule has 4 aromatic rings. The molecule has 0 spiro atoms. The Balaban J connectivity index is 1.63. The molecule has 0 unspecified atom stereocenters. The third-order valence-corrected chi connectivity index (χ3v) is 7.41. The van der Waals surface area contributed by atoms with Gasteiger partial charge in [-0.05, 0) is 51.0 Å². The minimum Gasteiger partial charge on any atom is -0.488 e. The molecule has 3 N–H and O–H groups in total. The largest absolute Gasteiger partial charge is 0.488 e. The van der Waals surface area contributed by atoms with Gasteiger partial charge >= 0.3 is 0 Å². The maximum Gasteiger partial charge on any atom is 0.259 e. The summed E-state index contributed by atoms with van der Waals surface area (Å²) in [4.78, 5) is 40.4. The summed E-state index contributed by atoms with van der Waals surface area (Å²) in [6, 6.07) is 7.36. The second-order valence-corrected chi connectivity index (χ2v) is 10.2. The van der Waals surface area contributed by atoms with Crippen LogP contribution < -0.4 is 25.4 Å². The van der Waals surface area contributed by atoms with Crippen molar-refractivity contribution in [2.24, 2.45) is 5.73 Å². The Morgan fingerprint density at radius 2 is 2.03 bits per heavy atom. The van der Waals surface area contributed by atoms with Gasteiger partial charge in [0, 0.05) is 36.4 Å². The van der Waals surface area contributed by atoms with E-state index >= 15 is 0 Å². The van der Waals surface area contributed by atoms with Crippen LogP contribution >= 0.6 is 11.3 Å². The first kappa shape index (κ1) is 25.4. The topological polar surface area (TPSA) is 133 Å². The summed E-state index contributed by atoms with van der Waals surface area (Å²) in [5.41, 5.74) is 9.93. The molecule has 196 valence electrons. The number of hydrogen-bond donors (Lipinski definition) is 2. The quantitative estimate of drug-likeness (QED) is 0.350. The second kappa shape index (κ2) is 10.3. The van der Waals surface area contributed by atoms with Gasteiger partial charge in [-0.1, -0.05) is 0 Å². The van der Waals surface area contributed by atoms with Gasteiger partial charge in [0.05, 0.1) is 41.0 Å². The Hall–Kier alpha value is -4.25. The van der Waals surface area contributed by atoms with E-state index in [1.807, 2.05) is 32.0 Å². The van der Waals surface area contributed by atoms with Crippen LogP contribution in [0.15, 0.2) is 36.7 Å². The Labute approximate surface area is 223 Å². The van der Waals surface area contributed by atoms with E-state index in [1.54, 1.807) is 30.4 Å². The van der Waals surface area contributed by atoms with Crippen LogP contribution in [0.2, 0.25) is 0 Å². The molecule has 0 fully saturated rings. The van der Waals surface area contributed by atoms with Gasteiger partial charge in [0.15, 0.2) is 0 Å². The average molecular weight is 533 g/mol. The monoisotopic (exact) mass is 532 g/mol. The first-order chi connectivity index (χ1) is 18.3. The van der Waals surface area contributed by atoms with Gasteiger partial charge in [0.2, 0.25) is 17.7 Å². The second-order valence-electron chi connectivity index (χ2n) is 9.17. The Kier molecular flexibility index (Phi) is 6.85. The van der Waals surface area contributed by atoms with Crippen LogP contribution in [0.3, 0.4) is 0 Å². The lowest BCUT2D eigenvalue weighted by Crippen LogP contribution is -2.25. The summed E-state index contributed by atoms with van der Waals surface area (Å²) in [7, 11) is 3.31. The van der Waals surface area contributed by atoms with Crippen molar-refractivity contribution in [2.45, 2.75) is 39.2 Å². The summed E-state index contributed by atoms with van der Waals surface area (Å²) >= 11 is 1.22. The lowest BCUT2D eigenvalue weighted by molar-refractivity contribution is -0.118. The zero-order valence-corrected chi connectivity index (χ0v) is 22.4. The zero-order chi connectivity index (χ0) is 27.0. The van der Waals surface area contributed by atoms with E-state index < -0.39 is 5.91 Å². The number of carbonyl (C=O) groups excluding carboxylic acids is 2. The number of nitrogens with zero attached hydrogens (tertiary/aromatic N) is 4. The number of anilines is 3. The Morgan fingerprint density at radius 1 is 1.21 bits per heavy atom. The van der Waals surface area contributed by atoms with Gasteiger partial charge in [-0.25, -0.2) is 15.0 Å². The number of rotatable bonds is 7. The van der Waals surface area contributed by atoms with Crippen molar-refractivity contribution in [3.05, 3.63) is 47.1 Å². The number of carbonyl (C=O) groups is 2. The van der Waals surface area contributed by atoms with Gasteiger partial charge < -0.3 is 25.4 Å². The molecular weight excluding hydrogens is 504 g/mol. The summed E-state index contributed by atoms with van der Waals surface area (Å²) in [5.74, 6) is 0.859. The lowest BCUT2D eigenvalue weighted by atomic mass is 10.0. The van der Waals surface area contributed by atoms with Crippen LogP contribution in [0, 0.1) is 0 Å². The fourth-order valence-electron chi connectivity index (χ4n) is 4.60. The van der Waals surface area contributed by atoms with Crippen molar-refractivity contribution in [3.8, 4) is 22.8 Å². The Bertz CT molecular complexity index is 1550. The van der Waals surface area contributed by atoms with E-state index in [2.05, 4.69) is 15.3 Å². The van der Waals surface area contributed by atoms with E-state index in [4.69, 9.17) is 20.2 Å². The highest BCUT2D eigenvalue weighted by Crippen LogP contribution is 2.43. The summed E-state index contributed by atoms with van der Waals surface area (Å²) < 4.78 is 12.4. The molecule has 0 saturated heterocycles. The Morgan fingerprint density at radius 3 is 2.76 bits per heavy atom. The van der Waals surface area contributed by atoms with Crippen LogP contribution in [0.5, 0.6) is 11.6 Å². The predicted octanol–water partition coefficient (Wildman–Crippen LogP) is 4.69. The molecule has 0 radical (unpaired) electrons. The number of methoxy groups -OCH3 is 1. The number of hydrogen-bond acceptors (Lipinski definition) is 9. The van der Waals surface area contributed by atoms with E-state index in [9.17, 15) is 9.59 Å². The van der Waals surface area contributed by atoms with Crippen LogP contribution in [0.4, 0.5) is 17.3 Å². The van der Waals surface area contributed by atoms with E-state index in [-0.39, 0.29) is 12.0 Å². The van der Waals surface area contributed by atoms with Crippen molar-refractivity contribution in [1.82, 2.24) is 15.0 Å². The molecule has 0 aliphatic carbocycles. The minimum absolute atomic E-state index is 0.0785. The average Bonchev–Trinajstić information content (AvgIpc) is 3.21. The molecule has 3 aromatic heterocycles. The number of ether oxygens (including phenoxy) is 2. The highest BCUT2D eigenvalue weighted by Gasteiger charge is 2.26. The van der Waals surface area contributed by atoms with Crippen molar-refractivity contribution in [3.63, 3.8) is 0 Å². The number of benzene rings is 1. The fourth-order valence-corrected chi connectivity index (χ4v) is 5.58. The molecule has 1 aliphatic rings. The number of nitrogens with two attached hydrogens (primary N) is 1. The molecular formula is C27H28N6O4S. The molecule has 0 bridgehead atoms. The third kappa shape index (κ3) is 4.60. The van der Waals surface area contributed by atoms with Gasteiger partial charge in [-0.15, -0.1) is 11.3 Å². The highest BCUT2D eigenvalue weighted by atomic mass is 32.1. The van der Waals surface area contributed by atoms with Crippen LogP contribution in [0.1, 0.15) is 41.9 Å². The molecule has 10 nitrogen and oxygen atoms in total. The first-order valence-corrected chi connectivity index (χ1v) is 13.0. The molecule has 0 atom stereocenters. The smallest absolute Gasteiger partial charge is 0.259 e. The molecule has 1 aliphatic heterocycles. The fraction of sp³-hybridized carbons (Fsp3) is 0.296. The van der Waals surface area contributed by atoms with Crippen molar-refractivity contribution in [2.75, 3.05) is 24.4 Å². The molecule has 5 rings (SSSR count). The maximum absolute atomic E-state index is 12.5. The van der Waals surface area contributed by atoms with Crippen molar-refractivity contribution in [1.29, 1.82) is 0 Å². The number of amides is 2. The third-order valence-electron chi connectivity index (χ3n) is 6.28. The zero-order valence-electron chi connectivity index (χ0n) is 21.6. The summed E-state index contributed by atoms with van der Waals surface area (Å²) in [5, 5.41) is 3.30. The summed E-state index contributed by atoms with van der Waals surface area (Å²) in [6.07, 6.45) is 5.11. The number of nitrogens with one attached hydrogen (secondary N) is 1. The highest BCUT2D eigenvalue weighted by molar-refractivity contribution is 7.21. The van der Waals surface area contributed by atoms with Crippen LogP contribution in [0.25, 0.3) is 21.3 Å². The number of thiophene rings is 1. The van der Waals surface area contributed by atoms with Gasteiger partial charge in [0.1, 0.15) is 10.6 Å². The van der Waals surface area contributed by atoms with Gasteiger partial charge in [-0.3, -0.25) is 9.59 Å². The maximum atomic E-state index is 12.5.